The van der Waals surface area contributed by atoms with Gasteiger partial charge in [0.1, 0.15) is 6.61 Å². The van der Waals surface area contributed by atoms with Crippen molar-refractivity contribution in [2.24, 2.45) is 5.92 Å². The monoisotopic (exact) mass is 450 g/mol. The van der Waals surface area contributed by atoms with Crippen molar-refractivity contribution in [2.45, 2.75) is 38.3 Å². The summed E-state index contributed by atoms with van der Waals surface area (Å²) in [4.78, 5) is 18.2. The predicted molar refractivity (Wildman–Crippen MR) is 124 cm³/mol. The Balaban J connectivity index is 1.40. The minimum absolute atomic E-state index is 0.0377. The van der Waals surface area contributed by atoms with Gasteiger partial charge in [-0.3, -0.25) is 0 Å². The molecule has 2 aliphatic rings. The van der Waals surface area contributed by atoms with E-state index in [1.807, 2.05) is 48.5 Å². The maximum atomic E-state index is 13.0. The number of carbonyl (C=O) groups excluding carboxylic acids is 1. The minimum Gasteiger partial charge on any atom is -0.445 e. The number of hydrogen-bond acceptors (Lipinski definition) is 5. The molecule has 0 aliphatic carbocycles. The summed E-state index contributed by atoms with van der Waals surface area (Å²) in [6, 6.07) is 17.7. The van der Waals surface area contributed by atoms with E-state index in [0.717, 1.165) is 27.7 Å². The molecule has 2 N–H and O–H groups in total. The van der Waals surface area contributed by atoms with Gasteiger partial charge in [-0.2, -0.15) is 0 Å². The van der Waals surface area contributed by atoms with Crippen molar-refractivity contribution >= 4 is 17.0 Å². The average molecular weight is 451 g/mol. The average Bonchev–Trinajstić information content (AvgIpc) is 3.51. The number of carbonyl (C=O) groups is 1. The van der Waals surface area contributed by atoms with Gasteiger partial charge in [-0.15, -0.1) is 0 Å². The zero-order valence-corrected chi connectivity index (χ0v) is 18.6. The molecule has 0 saturated carbocycles. The summed E-state index contributed by atoms with van der Waals surface area (Å²) in [5.74, 6) is -0.0377. The van der Waals surface area contributed by atoms with E-state index in [-0.39, 0.29) is 24.9 Å². The molecule has 7 heteroatoms. The van der Waals surface area contributed by atoms with Gasteiger partial charge in [0, 0.05) is 35.6 Å². The van der Waals surface area contributed by atoms with Crippen molar-refractivity contribution in [1.29, 1.82) is 0 Å². The highest BCUT2D eigenvalue weighted by atomic mass is 16.7. The van der Waals surface area contributed by atoms with Gasteiger partial charge in [0.2, 0.25) is 0 Å². The molecular weight excluding hydrogens is 420 g/mol. The minimum atomic E-state index is -0.651. The Hall–Kier alpha value is -2.87. The molecule has 0 spiro atoms. The molecule has 3 aromatic rings. The van der Waals surface area contributed by atoms with Gasteiger partial charge in [0.05, 0.1) is 19.3 Å². The van der Waals surface area contributed by atoms with Gasteiger partial charge in [0.25, 0.3) is 0 Å². The van der Waals surface area contributed by atoms with Crippen LogP contribution in [0.4, 0.5) is 4.79 Å². The summed E-state index contributed by atoms with van der Waals surface area (Å²) in [7, 11) is 0. The summed E-state index contributed by atoms with van der Waals surface area (Å²) in [6.45, 7) is 2.38. The van der Waals surface area contributed by atoms with Crippen LogP contribution in [0.25, 0.3) is 10.9 Å². The van der Waals surface area contributed by atoms with Gasteiger partial charge in [-0.05, 0) is 36.5 Å². The zero-order valence-electron chi connectivity index (χ0n) is 18.6. The number of aliphatic hydroxyl groups is 1. The van der Waals surface area contributed by atoms with Crippen molar-refractivity contribution in [3.8, 4) is 0 Å². The standard InChI is InChI=1S/C26H30N2O5/c29-23-16-19(25-31-14-15-32-25)10-12-28(26(30)33-17-18-6-2-1-3-7-18)13-11-21-20-8-4-5-9-22(20)27-24(21)23/h1-9,19,23,25,27,29H,10-17H2/t19-,23+/m0/s1. The molecule has 2 aliphatic heterocycles. The first kappa shape index (κ1) is 21.9. The molecule has 1 amide bonds. The van der Waals surface area contributed by atoms with E-state index in [1.165, 1.54) is 0 Å². The molecule has 0 bridgehead atoms. The van der Waals surface area contributed by atoms with Crippen LogP contribution in [-0.2, 0) is 27.2 Å². The van der Waals surface area contributed by atoms with E-state index in [1.54, 1.807) is 4.90 Å². The molecule has 2 atom stereocenters. The second kappa shape index (κ2) is 9.95. The predicted octanol–water partition coefficient (Wildman–Crippen LogP) is 4.17. The van der Waals surface area contributed by atoms with E-state index in [2.05, 4.69) is 11.1 Å². The lowest BCUT2D eigenvalue weighted by Crippen LogP contribution is -2.37. The number of rotatable bonds is 3. The van der Waals surface area contributed by atoms with Crippen LogP contribution in [0.3, 0.4) is 0 Å². The first-order chi connectivity index (χ1) is 16.2. The fourth-order valence-corrected chi connectivity index (χ4v) is 4.87. The van der Waals surface area contributed by atoms with Crippen molar-refractivity contribution < 1.29 is 24.1 Å². The van der Waals surface area contributed by atoms with E-state index >= 15 is 0 Å². The maximum Gasteiger partial charge on any atom is 0.410 e. The van der Waals surface area contributed by atoms with Crippen LogP contribution in [-0.4, -0.2) is 53.7 Å². The normalized spacial score (nSPS) is 22.3. The van der Waals surface area contributed by atoms with Crippen molar-refractivity contribution in [2.75, 3.05) is 26.3 Å². The number of ether oxygens (including phenoxy) is 3. The Morgan fingerprint density at radius 1 is 1.06 bits per heavy atom. The quantitative estimate of drug-likeness (QED) is 0.626. The van der Waals surface area contributed by atoms with E-state index in [4.69, 9.17) is 14.2 Å². The number of aromatic nitrogens is 1. The molecule has 0 radical (unpaired) electrons. The van der Waals surface area contributed by atoms with Crippen molar-refractivity contribution in [1.82, 2.24) is 9.88 Å². The van der Waals surface area contributed by atoms with E-state index in [9.17, 15) is 9.90 Å². The second-order valence-electron chi connectivity index (χ2n) is 8.75. The summed E-state index contributed by atoms with van der Waals surface area (Å²) in [5, 5.41) is 12.2. The Morgan fingerprint density at radius 3 is 2.64 bits per heavy atom. The Bertz CT molecular complexity index is 1080. The molecule has 1 fully saturated rings. The number of H-pyrrole nitrogens is 1. The highest BCUT2D eigenvalue weighted by Crippen LogP contribution is 2.34. The first-order valence-electron chi connectivity index (χ1n) is 11.7. The van der Waals surface area contributed by atoms with Gasteiger partial charge in [0.15, 0.2) is 6.29 Å². The summed E-state index contributed by atoms with van der Waals surface area (Å²) >= 11 is 0. The molecule has 3 heterocycles. The smallest absolute Gasteiger partial charge is 0.410 e. The number of nitrogens with one attached hydrogen (secondary N) is 1. The second-order valence-corrected chi connectivity index (χ2v) is 8.75. The van der Waals surface area contributed by atoms with Crippen LogP contribution in [0.5, 0.6) is 0 Å². The molecule has 33 heavy (non-hydrogen) atoms. The van der Waals surface area contributed by atoms with Crippen LogP contribution in [0.1, 0.15) is 35.8 Å². The van der Waals surface area contributed by atoms with E-state index < -0.39 is 6.10 Å². The number of aromatic amines is 1. The molecule has 1 aromatic heterocycles. The van der Waals surface area contributed by atoms with Gasteiger partial charge in [-0.1, -0.05) is 48.5 Å². The SMILES string of the molecule is O=C(OCc1ccccc1)N1CCc2c([nH]c3ccccc23)[C@H](O)C[C@@H](C2OCCO2)CC1. The molecular formula is C26H30N2O5. The largest absolute Gasteiger partial charge is 0.445 e. The van der Waals surface area contributed by atoms with Crippen LogP contribution >= 0.6 is 0 Å². The van der Waals surface area contributed by atoms with Crippen molar-refractivity contribution in [3.05, 3.63) is 71.4 Å². The fourth-order valence-electron chi connectivity index (χ4n) is 4.87. The highest BCUT2D eigenvalue weighted by Gasteiger charge is 2.33. The lowest BCUT2D eigenvalue weighted by molar-refractivity contribution is -0.0979. The molecule has 174 valence electrons. The van der Waals surface area contributed by atoms with Crippen LogP contribution in [0.2, 0.25) is 0 Å². The number of para-hydroxylation sites is 1. The molecule has 5 rings (SSSR count). The summed E-state index contributed by atoms with van der Waals surface area (Å²) in [6.07, 6.45) is 0.455. The first-order valence-corrected chi connectivity index (χ1v) is 11.7. The maximum absolute atomic E-state index is 13.0. The Labute approximate surface area is 193 Å². The number of amides is 1. The number of benzene rings is 2. The van der Waals surface area contributed by atoms with Gasteiger partial charge in [-0.25, -0.2) is 4.79 Å². The Morgan fingerprint density at radius 2 is 1.82 bits per heavy atom. The van der Waals surface area contributed by atoms with Gasteiger partial charge >= 0.3 is 6.09 Å². The third-order valence-corrected chi connectivity index (χ3v) is 6.60. The topological polar surface area (TPSA) is 84.0 Å². The van der Waals surface area contributed by atoms with Gasteiger partial charge < -0.3 is 29.2 Å². The van der Waals surface area contributed by atoms with Crippen LogP contribution < -0.4 is 0 Å². The third kappa shape index (κ3) is 4.90. The molecule has 0 unspecified atom stereocenters. The lowest BCUT2D eigenvalue weighted by Gasteiger charge is -2.30. The summed E-state index contributed by atoms with van der Waals surface area (Å²) in [5.41, 5.74) is 3.81. The molecule has 1 saturated heterocycles. The van der Waals surface area contributed by atoms with Crippen LogP contribution in [0, 0.1) is 5.92 Å². The zero-order chi connectivity index (χ0) is 22.6. The molecule has 7 nitrogen and oxygen atoms in total. The van der Waals surface area contributed by atoms with Crippen LogP contribution in [0.15, 0.2) is 54.6 Å². The van der Waals surface area contributed by atoms with E-state index in [0.29, 0.717) is 45.6 Å². The third-order valence-electron chi connectivity index (χ3n) is 6.60. The highest BCUT2D eigenvalue weighted by molar-refractivity contribution is 5.85. The molecule has 2 aromatic carbocycles. The number of fused-ring (bicyclic) bond motifs is 3. The van der Waals surface area contributed by atoms with Crippen molar-refractivity contribution in [3.63, 3.8) is 0 Å². The number of nitrogens with zero attached hydrogens (tertiary/aromatic N) is 1. The summed E-state index contributed by atoms with van der Waals surface area (Å²) < 4.78 is 17.2. The number of aliphatic hydroxyl groups excluding tert-OH is 1. The fraction of sp³-hybridized carbons (Fsp3) is 0.423. The number of hydrogen-bond donors (Lipinski definition) is 2. The Kier molecular flexibility index (Phi) is 6.62. The lowest BCUT2D eigenvalue weighted by atomic mass is 9.92.